The number of benzene rings is 1. The van der Waals surface area contributed by atoms with Crippen LogP contribution in [0.1, 0.15) is 37.7 Å². The molecule has 1 aromatic rings. The second-order valence-electron chi connectivity index (χ2n) is 7.09. The first kappa shape index (κ1) is 20.0. The minimum atomic E-state index is -0.292. The molecule has 6 nitrogen and oxygen atoms in total. The minimum Gasteiger partial charge on any atom is -0.493 e. The van der Waals surface area contributed by atoms with Crippen LogP contribution in [0.4, 0.5) is 0 Å². The van der Waals surface area contributed by atoms with Crippen molar-refractivity contribution >= 4 is 17.9 Å². The van der Waals surface area contributed by atoms with Crippen molar-refractivity contribution in [2.45, 2.75) is 38.1 Å². The van der Waals surface area contributed by atoms with Crippen molar-refractivity contribution in [2.24, 2.45) is 5.92 Å². The number of carbonyl (C=O) groups is 2. The zero-order valence-corrected chi connectivity index (χ0v) is 16.6. The fourth-order valence-electron chi connectivity index (χ4n) is 4.12. The van der Waals surface area contributed by atoms with Crippen molar-refractivity contribution in [3.05, 3.63) is 35.9 Å². The molecule has 1 aromatic carbocycles. The van der Waals surface area contributed by atoms with Crippen LogP contribution in [0.5, 0.6) is 17.2 Å². The SMILES string of the molecule is COc1cc(/C=C/C(=O)N2C(=O)C=CCC2C2CCCC2)cc(OC)c1OC. The van der Waals surface area contributed by atoms with Gasteiger partial charge in [-0.25, -0.2) is 0 Å². The van der Waals surface area contributed by atoms with Crippen LogP contribution in [0.15, 0.2) is 30.4 Å². The minimum absolute atomic E-state index is 0.0444. The first-order valence-electron chi connectivity index (χ1n) is 9.60. The van der Waals surface area contributed by atoms with Crippen LogP contribution in [0.2, 0.25) is 0 Å². The number of hydrogen-bond acceptors (Lipinski definition) is 5. The molecule has 0 aromatic heterocycles. The first-order chi connectivity index (χ1) is 13.6. The van der Waals surface area contributed by atoms with E-state index in [1.54, 1.807) is 32.4 Å². The molecule has 0 spiro atoms. The van der Waals surface area contributed by atoms with Gasteiger partial charge in [0.2, 0.25) is 5.75 Å². The van der Waals surface area contributed by atoms with Crippen molar-refractivity contribution in [1.29, 1.82) is 0 Å². The van der Waals surface area contributed by atoms with E-state index in [0.29, 0.717) is 23.2 Å². The van der Waals surface area contributed by atoms with Gasteiger partial charge in [0.1, 0.15) is 0 Å². The molecule has 0 saturated heterocycles. The molecule has 1 saturated carbocycles. The van der Waals surface area contributed by atoms with Gasteiger partial charge >= 0.3 is 0 Å². The number of amides is 2. The van der Waals surface area contributed by atoms with E-state index in [0.717, 1.165) is 24.8 Å². The molecule has 150 valence electrons. The maximum absolute atomic E-state index is 12.9. The van der Waals surface area contributed by atoms with Crippen LogP contribution in [-0.4, -0.2) is 44.1 Å². The molecule has 1 heterocycles. The van der Waals surface area contributed by atoms with Gasteiger partial charge in [0.15, 0.2) is 11.5 Å². The van der Waals surface area contributed by atoms with Gasteiger partial charge in [-0.3, -0.25) is 14.5 Å². The van der Waals surface area contributed by atoms with E-state index in [-0.39, 0.29) is 17.9 Å². The lowest BCUT2D eigenvalue weighted by Crippen LogP contribution is -2.48. The molecular formula is C22H27NO5. The van der Waals surface area contributed by atoms with Crippen LogP contribution >= 0.6 is 0 Å². The van der Waals surface area contributed by atoms with E-state index in [4.69, 9.17) is 14.2 Å². The first-order valence-corrected chi connectivity index (χ1v) is 9.60. The van der Waals surface area contributed by atoms with Gasteiger partial charge in [-0.2, -0.15) is 0 Å². The number of rotatable bonds is 6. The summed E-state index contributed by atoms with van der Waals surface area (Å²) in [6.07, 6.45) is 11.7. The second kappa shape index (κ2) is 8.95. The Balaban J connectivity index is 1.83. The van der Waals surface area contributed by atoms with Crippen LogP contribution in [0, 0.1) is 5.92 Å². The topological polar surface area (TPSA) is 65.1 Å². The predicted molar refractivity (Wildman–Crippen MR) is 106 cm³/mol. The van der Waals surface area contributed by atoms with E-state index < -0.39 is 0 Å². The quantitative estimate of drug-likeness (QED) is 0.700. The van der Waals surface area contributed by atoms with E-state index in [1.807, 2.05) is 6.08 Å². The predicted octanol–water partition coefficient (Wildman–Crippen LogP) is 3.60. The van der Waals surface area contributed by atoms with Crippen molar-refractivity contribution in [1.82, 2.24) is 4.90 Å². The Morgan fingerprint density at radius 1 is 1.07 bits per heavy atom. The summed E-state index contributed by atoms with van der Waals surface area (Å²) in [6, 6.07) is 3.48. The molecule has 28 heavy (non-hydrogen) atoms. The van der Waals surface area contributed by atoms with Crippen molar-refractivity contribution < 1.29 is 23.8 Å². The highest BCUT2D eigenvalue weighted by Gasteiger charge is 2.35. The highest BCUT2D eigenvalue weighted by molar-refractivity contribution is 6.07. The lowest BCUT2D eigenvalue weighted by Gasteiger charge is -2.34. The van der Waals surface area contributed by atoms with Crippen LogP contribution in [0.3, 0.4) is 0 Å². The molecule has 0 N–H and O–H groups in total. The van der Waals surface area contributed by atoms with Crippen LogP contribution in [0.25, 0.3) is 6.08 Å². The third-order valence-electron chi connectivity index (χ3n) is 5.49. The van der Waals surface area contributed by atoms with Gasteiger partial charge < -0.3 is 14.2 Å². The second-order valence-corrected chi connectivity index (χ2v) is 7.09. The Hall–Kier alpha value is -2.76. The summed E-state index contributed by atoms with van der Waals surface area (Å²) in [5.41, 5.74) is 0.722. The third kappa shape index (κ3) is 4.06. The monoisotopic (exact) mass is 385 g/mol. The van der Waals surface area contributed by atoms with Gasteiger partial charge in [0, 0.05) is 12.1 Å². The van der Waals surface area contributed by atoms with E-state index in [1.165, 1.54) is 37.0 Å². The number of methoxy groups -OCH3 is 3. The van der Waals surface area contributed by atoms with Gasteiger partial charge in [-0.1, -0.05) is 18.9 Å². The summed E-state index contributed by atoms with van der Waals surface area (Å²) in [6.45, 7) is 0. The molecule has 2 aliphatic rings. The number of imide groups is 1. The zero-order chi connectivity index (χ0) is 20.1. The van der Waals surface area contributed by atoms with Gasteiger partial charge in [0.25, 0.3) is 11.8 Å². The fraction of sp³-hybridized carbons (Fsp3) is 0.455. The van der Waals surface area contributed by atoms with E-state index in [2.05, 4.69) is 0 Å². The Morgan fingerprint density at radius 2 is 1.71 bits per heavy atom. The smallest absolute Gasteiger partial charge is 0.253 e. The van der Waals surface area contributed by atoms with E-state index >= 15 is 0 Å². The van der Waals surface area contributed by atoms with Crippen molar-refractivity contribution in [2.75, 3.05) is 21.3 Å². The fourth-order valence-corrected chi connectivity index (χ4v) is 4.12. The van der Waals surface area contributed by atoms with E-state index in [9.17, 15) is 9.59 Å². The average molecular weight is 385 g/mol. The van der Waals surface area contributed by atoms with Crippen LogP contribution in [-0.2, 0) is 9.59 Å². The molecule has 0 radical (unpaired) electrons. The Bertz CT molecular complexity index is 767. The Morgan fingerprint density at radius 3 is 2.29 bits per heavy atom. The molecule has 2 amide bonds. The lowest BCUT2D eigenvalue weighted by molar-refractivity contribution is -0.143. The van der Waals surface area contributed by atoms with Gasteiger partial charge in [-0.05, 0) is 55.0 Å². The van der Waals surface area contributed by atoms with Gasteiger partial charge in [0.05, 0.1) is 21.3 Å². The third-order valence-corrected chi connectivity index (χ3v) is 5.49. The number of ether oxygens (including phenoxy) is 3. The number of hydrogen-bond donors (Lipinski definition) is 0. The van der Waals surface area contributed by atoms with Crippen molar-refractivity contribution in [3.8, 4) is 17.2 Å². The summed E-state index contributed by atoms with van der Waals surface area (Å²) in [4.78, 5) is 26.7. The highest BCUT2D eigenvalue weighted by Crippen LogP contribution is 2.38. The molecule has 1 unspecified atom stereocenters. The molecule has 3 rings (SSSR count). The summed E-state index contributed by atoms with van der Waals surface area (Å²) in [5.74, 6) is 1.38. The Labute approximate surface area is 165 Å². The lowest BCUT2D eigenvalue weighted by atomic mass is 9.91. The standard InChI is InChI=1S/C22H27NO5/c1-26-18-13-15(14-19(27-2)22(18)28-3)11-12-21(25)23-17(9-6-10-20(23)24)16-7-4-5-8-16/h6,10-14,16-17H,4-5,7-9H2,1-3H3/b12-11+. The normalized spacial score (nSPS) is 20.0. The molecule has 1 aliphatic carbocycles. The molecule has 0 bridgehead atoms. The number of carbonyl (C=O) groups excluding carboxylic acids is 2. The molecule has 1 atom stereocenters. The average Bonchev–Trinajstić information content (AvgIpc) is 3.25. The molecule has 1 aliphatic heterocycles. The molecular weight excluding hydrogens is 358 g/mol. The maximum Gasteiger partial charge on any atom is 0.253 e. The molecule has 6 heteroatoms. The summed E-state index contributed by atoms with van der Waals surface area (Å²) in [5, 5.41) is 0. The summed E-state index contributed by atoms with van der Waals surface area (Å²) in [7, 11) is 4.62. The number of nitrogens with zero attached hydrogens (tertiary/aromatic N) is 1. The highest BCUT2D eigenvalue weighted by atomic mass is 16.5. The largest absolute Gasteiger partial charge is 0.493 e. The van der Waals surface area contributed by atoms with Crippen LogP contribution < -0.4 is 14.2 Å². The maximum atomic E-state index is 12.9. The Kier molecular flexibility index (Phi) is 6.39. The van der Waals surface area contributed by atoms with Crippen molar-refractivity contribution in [3.63, 3.8) is 0 Å². The molecule has 1 fully saturated rings. The summed E-state index contributed by atoms with van der Waals surface area (Å²) < 4.78 is 16.0. The summed E-state index contributed by atoms with van der Waals surface area (Å²) >= 11 is 0. The zero-order valence-electron chi connectivity index (χ0n) is 16.6. The van der Waals surface area contributed by atoms with Gasteiger partial charge in [-0.15, -0.1) is 0 Å².